The molecule has 0 unspecified atom stereocenters. The normalized spacial score (nSPS) is 10.7. The van der Waals surface area contributed by atoms with Crippen LogP contribution < -0.4 is 5.32 Å². The average Bonchev–Trinajstić information content (AvgIpc) is 2.98. The molecular weight excluding hydrogens is 334 g/mol. The molecule has 6 heteroatoms. The Balaban J connectivity index is 2.06. The minimum absolute atomic E-state index is 0.675. The van der Waals surface area contributed by atoms with Crippen LogP contribution in [0.1, 0.15) is 4.88 Å². The number of thiocarbonyl (C=S) groups is 1. The van der Waals surface area contributed by atoms with Gasteiger partial charge in [0.25, 0.3) is 0 Å². The molecule has 1 aromatic carbocycles. The molecule has 2 aromatic rings. The van der Waals surface area contributed by atoms with Crippen LogP contribution in [0, 0.1) is 0 Å². The zero-order valence-electron chi connectivity index (χ0n) is 12.8. The number of nitrogens with one attached hydrogen (secondary N) is 1. The summed E-state index contributed by atoms with van der Waals surface area (Å²) in [4.78, 5) is 5.62. The van der Waals surface area contributed by atoms with Gasteiger partial charge in [0.05, 0.1) is 17.3 Å². The maximum atomic E-state index is 6.20. The minimum Gasteiger partial charge on any atom is -0.343 e. The van der Waals surface area contributed by atoms with Gasteiger partial charge in [0.15, 0.2) is 5.11 Å². The number of anilines is 1. The van der Waals surface area contributed by atoms with Crippen LogP contribution in [0.25, 0.3) is 0 Å². The Morgan fingerprint density at radius 3 is 2.59 bits per heavy atom. The van der Waals surface area contributed by atoms with E-state index in [4.69, 9.17) is 23.8 Å². The molecule has 0 spiro atoms. The maximum absolute atomic E-state index is 6.20. The number of nitrogens with zero attached hydrogens (tertiary/aromatic N) is 2. The van der Waals surface area contributed by atoms with E-state index in [9.17, 15) is 0 Å². The van der Waals surface area contributed by atoms with Gasteiger partial charge in [-0.25, -0.2) is 0 Å². The SMILES string of the molecule is CN(C)CCN(Cc1cccs1)C(=S)Nc1ccccc1Cl. The fourth-order valence-corrected chi connectivity index (χ4v) is 3.09. The molecule has 0 aliphatic rings. The molecule has 0 aliphatic heterocycles. The Morgan fingerprint density at radius 1 is 1.18 bits per heavy atom. The van der Waals surface area contributed by atoms with Gasteiger partial charge in [0, 0.05) is 18.0 Å². The molecule has 3 nitrogen and oxygen atoms in total. The number of rotatable bonds is 6. The van der Waals surface area contributed by atoms with Crippen molar-refractivity contribution in [3.63, 3.8) is 0 Å². The molecule has 118 valence electrons. The molecule has 1 aromatic heterocycles. The number of thiophene rings is 1. The van der Waals surface area contributed by atoms with E-state index in [2.05, 4.69) is 46.7 Å². The Bertz CT molecular complexity index is 599. The van der Waals surface area contributed by atoms with Crippen LogP contribution in [-0.2, 0) is 6.54 Å². The first-order valence-corrected chi connectivity index (χ1v) is 8.70. The zero-order chi connectivity index (χ0) is 15.9. The molecule has 2 rings (SSSR count). The van der Waals surface area contributed by atoms with E-state index in [0.717, 1.165) is 25.3 Å². The molecule has 22 heavy (non-hydrogen) atoms. The molecule has 0 saturated heterocycles. The molecule has 0 aliphatic carbocycles. The number of likely N-dealkylation sites (N-methyl/N-ethyl adjacent to an activating group) is 1. The third kappa shape index (κ3) is 5.25. The quantitative estimate of drug-likeness (QED) is 0.785. The van der Waals surface area contributed by atoms with Gasteiger partial charge in [0.1, 0.15) is 0 Å². The van der Waals surface area contributed by atoms with E-state index in [1.807, 2.05) is 24.3 Å². The van der Waals surface area contributed by atoms with Crippen LogP contribution in [0.3, 0.4) is 0 Å². The first-order chi connectivity index (χ1) is 10.6. The highest BCUT2D eigenvalue weighted by Crippen LogP contribution is 2.21. The van der Waals surface area contributed by atoms with Gasteiger partial charge in [-0.2, -0.15) is 0 Å². The van der Waals surface area contributed by atoms with Crippen molar-refractivity contribution in [3.05, 3.63) is 51.7 Å². The summed E-state index contributed by atoms with van der Waals surface area (Å²) in [5.74, 6) is 0. The largest absolute Gasteiger partial charge is 0.343 e. The van der Waals surface area contributed by atoms with Crippen LogP contribution in [0.2, 0.25) is 5.02 Å². The van der Waals surface area contributed by atoms with Gasteiger partial charge in [-0.05, 0) is 49.9 Å². The lowest BCUT2D eigenvalue weighted by Crippen LogP contribution is -2.38. The summed E-state index contributed by atoms with van der Waals surface area (Å²) < 4.78 is 0. The Morgan fingerprint density at radius 2 is 1.95 bits per heavy atom. The van der Waals surface area contributed by atoms with Crippen molar-refractivity contribution >= 4 is 46.0 Å². The molecule has 1 N–H and O–H groups in total. The molecule has 1 heterocycles. The molecular formula is C16H20ClN3S2. The predicted molar refractivity (Wildman–Crippen MR) is 101 cm³/mol. The standard InChI is InChI=1S/C16H20ClN3S2/c1-19(2)9-10-20(12-13-6-5-11-22-13)16(21)18-15-8-4-3-7-14(15)17/h3-8,11H,9-10,12H2,1-2H3,(H,18,21). The van der Waals surface area contributed by atoms with Crippen LogP contribution in [0.4, 0.5) is 5.69 Å². The van der Waals surface area contributed by atoms with E-state index in [1.165, 1.54) is 4.88 Å². The summed E-state index contributed by atoms with van der Waals surface area (Å²) in [5, 5.41) is 6.72. The van der Waals surface area contributed by atoms with Crippen LogP contribution in [-0.4, -0.2) is 42.1 Å². The fraction of sp³-hybridized carbons (Fsp3) is 0.312. The second kappa shape index (κ2) is 8.48. The van der Waals surface area contributed by atoms with Gasteiger partial charge in [-0.15, -0.1) is 11.3 Å². The highest BCUT2D eigenvalue weighted by molar-refractivity contribution is 7.80. The Hall–Kier alpha value is -1.14. The number of para-hydroxylation sites is 1. The van der Waals surface area contributed by atoms with Gasteiger partial charge in [0.2, 0.25) is 0 Å². The van der Waals surface area contributed by atoms with Crippen LogP contribution in [0.5, 0.6) is 0 Å². The van der Waals surface area contributed by atoms with Gasteiger partial charge in [-0.3, -0.25) is 0 Å². The molecule has 0 atom stereocenters. The second-order valence-corrected chi connectivity index (χ2v) is 7.04. The van der Waals surface area contributed by atoms with Crippen molar-refractivity contribution in [2.45, 2.75) is 6.54 Å². The van der Waals surface area contributed by atoms with Crippen molar-refractivity contribution in [1.82, 2.24) is 9.80 Å². The summed E-state index contributed by atoms with van der Waals surface area (Å²) in [6, 6.07) is 11.8. The lowest BCUT2D eigenvalue weighted by molar-refractivity contribution is 0.329. The van der Waals surface area contributed by atoms with E-state index in [0.29, 0.717) is 10.1 Å². The highest BCUT2D eigenvalue weighted by Gasteiger charge is 2.12. The van der Waals surface area contributed by atoms with Crippen molar-refractivity contribution in [2.75, 3.05) is 32.5 Å². The first-order valence-electron chi connectivity index (χ1n) is 7.04. The van der Waals surface area contributed by atoms with Gasteiger partial charge in [-0.1, -0.05) is 29.8 Å². The second-order valence-electron chi connectivity index (χ2n) is 5.21. The average molecular weight is 354 g/mol. The fourth-order valence-electron chi connectivity index (χ4n) is 1.92. The minimum atomic E-state index is 0.675. The monoisotopic (exact) mass is 353 g/mol. The van der Waals surface area contributed by atoms with Crippen molar-refractivity contribution in [1.29, 1.82) is 0 Å². The summed E-state index contributed by atoms with van der Waals surface area (Å²) in [6.07, 6.45) is 0. The molecule has 0 saturated carbocycles. The topological polar surface area (TPSA) is 18.5 Å². The molecule has 0 radical (unpaired) electrons. The third-order valence-corrected chi connectivity index (χ3v) is 4.70. The van der Waals surface area contributed by atoms with E-state index >= 15 is 0 Å². The summed E-state index contributed by atoms with van der Waals surface area (Å²) in [7, 11) is 4.13. The maximum Gasteiger partial charge on any atom is 0.173 e. The van der Waals surface area contributed by atoms with Gasteiger partial charge < -0.3 is 15.1 Å². The molecule has 0 amide bonds. The molecule has 0 bridgehead atoms. The number of hydrogen-bond donors (Lipinski definition) is 1. The summed E-state index contributed by atoms with van der Waals surface area (Å²) >= 11 is 13.5. The Kier molecular flexibility index (Phi) is 6.64. The first kappa shape index (κ1) is 17.2. The number of hydrogen-bond acceptors (Lipinski definition) is 3. The predicted octanol–water partition coefficient (Wildman–Crippen LogP) is 4.16. The van der Waals surface area contributed by atoms with Crippen molar-refractivity contribution in [2.24, 2.45) is 0 Å². The number of halogens is 1. The van der Waals surface area contributed by atoms with Crippen molar-refractivity contribution < 1.29 is 0 Å². The van der Waals surface area contributed by atoms with E-state index < -0.39 is 0 Å². The molecule has 0 fully saturated rings. The van der Waals surface area contributed by atoms with E-state index in [1.54, 1.807) is 11.3 Å². The summed E-state index contributed by atoms with van der Waals surface area (Å²) in [5.41, 5.74) is 0.843. The number of benzene rings is 1. The lowest BCUT2D eigenvalue weighted by Gasteiger charge is -2.27. The van der Waals surface area contributed by atoms with Crippen LogP contribution in [0.15, 0.2) is 41.8 Å². The lowest BCUT2D eigenvalue weighted by atomic mass is 10.3. The van der Waals surface area contributed by atoms with Crippen LogP contribution >= 0.6 is 35.2 Å². The smallest absolute Gasteiger partial charge is 0.173 e. The van der Waals surface area contributed by atoms with Gasteiger partial charge >= 0.3 is 0 Å². The highest BCUT2D eigenvalue weighted by atomic mass is 35.5. The van der Waals surface area contributed by atoms with E-state index in [-0.39, 0.29) is 0 Å². The van der Waals surface area contributed by atoms with Crippen molar-refractivity contribution in [3.8, 4) is 0 Å². The third-order valence-electron chi connectivity index (χ3n) is 3.15. The summed E-state index contributed by atoms with van der Waals surface area (Å²) in [6.45, 7) is 2.61. The zero-order valence-corrected chi connectivity index (χ0v) is 15.1. The Labute approximate surface area is 146 Å².